The fourth-order valence-corrected chi connectivity index (χ4v) is 7.81. The quantitative estimate of drug-likeness (QED) is 0.174. The van der Waals surface area contributed by atoms with Crippen LogP contribution in [0.4, 0.5) is 11.4 Å². The van der Waals surface area contributed by atoms with E-state index in [2.05, 4.69) is 163 Å². The summed E-state index contributed by atoms with van der Waals surface area (Å²) in [5.41, 5.74) is 11.7. The van der Waals surface area contributed by atoms with Crippen LogP contribution in [-0.4, -0.2) is 21.0 Å². The number of pyridine rings is 1. The minimum Gasteiger partial charge on any atom is -0.333 e. The van der Waals surface area contributed by atoms with Gasteiger partial charge in [0.05, 0.1) is 34.3 Å². The van der Waals surface area contributed by atoms with Crippen molar-refractivity contribution in [3.63, 3.8) is 0 Å². The molecule has 0 spiro atoms. The lowest BCUT2D eigenvalue weighted by atomic mass is 9.87. The zero-order valence-corrected chi connectivity index (χ0v) is 27.8. The minimum atomic E-state index is 0.116. The molecule has 0 N–H and O–H groups in total. The smallest absolute Gasteiger partial charge is 0.160 e. The molecule has 0 radical (unpaired) electrons. The van der Waals surface area contributed by atoms with Crippen molar-refractivity contribution in [1.29, 1.82) is 0 Å². The molecule has 4 nitrogen and oxygen atoms in total. The van der Waals surface area contributed by atoms with Gasteiger partial charge in [-0.25, -0.2) is 15.0 Å². The van der Waals surface area contributed by atoms with Gasteiger partial charge in [0.15, 0.2) is 5.82 Å². The molecular formula is C47H32N4. The van der Waals surface area contributed by atoms with Crippen LogP contribution in [0.3, 0.4) is 0 Å². The average molecular weight is 653 g/mol. The van der Waals surface area contributed by atoms with E-state index in [9.17, 15) is 0 Å². The Kier molecular flexibility index (Phi) is 6.91. The lowest BCUT2D eigenvalue weighted by molar-refractivity contribution is 0.745. The second-order valence-corrected chi connectivity index (χ2v) is 13.2. The molecule has 10 rings (SSSR count). The summed E-state index contributed by atoms with van der Waals surface area (Å²) in [6, 6.07) is 55.4. The van der Waals surface area contributed by atoms with Gasteiger partial charge < -0.3 is 4.90 Å². The summed E-state index contributed by atoms with van der Waals surface area (Å²) in [6.07, 6.45) is 9.04. The highest BCUT2D eigenvalue weighted by atomic mass is 15.2. The highest BCUT2D eigenvalue weighted by Crippen LogP contribution is 2.54. The first-order valence-corrected chi connectivity index (χ1v) is 17.5. The van der Waals surface area contributed by atoms with Crippen LogP contribution < -0.4 is 4.90 Å². The van der Waals surface area contributed by atoms with E-state index in [1.165, 1.54) is 27.4 Å². The van der Waals surface area contributed by atoms with Crippen molar-refractivity contribution in [2.45, 2.75) is 12.0 Å². The van der Waals surface area contributed by atoms with Crippen molar-refractivity contribution in [3.8, 4) is 45.2 Å². The predicted octanol–water partition coefficient (Wildman–Crippen LogP) is 11.6. The first-order chi connectivity index (χ1) is 25.3. The first kappa shape index (κ1) is 29.3. The van der Waals surface area contributed by atoms with Gasteiger partial charge in [0.25, 0.3) is 0 Å². The van der Waals surface area contributed by atoms with Crippen molar-refractivity contribution in [1.82, 2.24) is 15.0 Å². The third-order valence-electron chi connectivity index (χ3n) is 10.2. The Hall–Kier alpha value is -6.65. The summed E-state index contributed by atoms with van der Waals surface area (Å²) in [5, 5.41) is 3.52. The third kappa shape index (κ3) is 4.95. The summed E-state index contributed by atoms with van der Waals surface area (Å²) in [5.74, 6) is 0.873. The van der Waals surface area contributed by atoms with E-state index in [1.54, 1.807) is 0 Å². The molecule has 2 aromatic heterocycles. The Morgan fingerprint density at radius 1 is 0.471 bits per heavy atom. The van der Waals surface area contributed by atoms with Crippen LogP contribution in [0, 0.1) is 0 Å². The van der Waals surface area contributed by atoms with E-state index in [-0.39, 0.29) is 12.0 Å². The van der Waals surface area contributed by atoms with Crippen LogP contribution in [-0.2, 0) is 0 Å². The van der Waals surface area contributed by atoms with Gasteiger partial charge in [0.2, 0.25) is 0 Å². The molecule has 2 unspecified atom stereocenters. The van der Waals surface area contributed by atoms with E-state index < -0.39 is 0 Å². The van der Waals surface area contributed by atoms with E-state index in [0.29, 0.717) is 5.82 Å². The summed E-state index contributed by atoms with van der Waals surface area (Å²) < 4.78 is 0. The Bertz CT molecular complexity index is 2570. The number of allylic oxidation sites excluding steroid dienone is 2. The molecule has 51 heavy (non-hydrogen) atoms. The maximum atomic E-state index is 5.49. The van der Waals surface area contributed by atoms with Crippen LogP contribution in [0.5, 0.6) is 0 Å². The predicted molar refractivity (Wildman–Crippen MR) is 210 cm³/mol. The van der Waals surface area contributed by atoms with Gasteiger partial charge in [-0.3, -0.25) is 0 Å². The molecule has 0 saturated heterocycles. The molecule has 2 aliphatic rings. The topological polar surface area (TPSA) is 41.9 Å². The summed E-state index contributed by atoms with van der Waals surface area (Å²) >= 11 is 0. The zero-order chi connectivity index (χ0) is 33.7. The second kappa shape index (κ2) is 12.0. The number of benzene rings is 6. The first-order valence-electron chi connectivity index (χ1n) is 17.5. The Labute approximate surface area is 296 Å². The number of anilines is 2. The van der Waals surface area contributed by atoms with E-state index >= 15 is 0 Å². The molecule has 2 atom stereocenters. The van der Waals surface area contributed by atoms with Gasteiger partial charge >= 0.3 is 0 Å². The van der Waals surface area contributed by atoms with E-state index in [4.69, 9.17) is 15.0 Å². The molecule has 6 aromatic carbocycles. The number of nitrogens with zero attached hydrogens (tertiary/aromatic N) is 4. The van der Waals surface area contributed by atoms with Crippen LogP contribution in [0.15, 0.2) is 182 Å². The average Bonchev–Trinajstić information content (AvgIpc) is 3.57. The van der Waals surface area contributed by atoms with Crippen molar-refractivity contribution in [2.75, 3.05) is 4.90 Å². The lowest BCUT2D eigenvalue weighted by Gasteiger charge is -2.29. The van der Waals surface area contributed by atoms with E-state index in [1.807, 2.05) is 24.3 Å². The Balaban J connectivity index is 1.15. The number of aromatic nitrogens is 3. The van der Waals surface area contributed by atoms with Crippen molar-refractivity contribution >= 4 is 33.1 Å². The molecule has 3 heterocycles. The molecule has 1 aliphatic heterocycles. The highest BCUT2D eigenvalue weighted by molar-refractivity contribution is 6.13. The molecule has 1 aliphatic carbocycles. The number of fused-ring (bicyclic) bond motifs is 7. The largest absolute Gasteiger partial charge is 0.333 e. The van der Waals surface area contributed by atoms with Crippen molar-refractivity contribution in [3.05, 3.63) is 188 Å². The maximum absolute atomic E-state index is 5.49. The van der Waals surface area contributed by atoms with Gasteiger partial charge in [0.1, 0.15) is 0 Å². The highest BCUT2D eigenvalue weighted by Gasteiger charge is 2.41. The summed E-state index contributed by atoms with van der Waals surface area (Å²) in [4.78, 5) is 18.1. The standard InChI is InChI=1S/C47H32N4/c1-4-15-32(16-5-1)40-30-41(49-47(48-40)35-19-8-3-9-20-35)33-24-27-36(28-25-33)51-42-23-13-12-22-38(42)43-44(34-17-6-2-7-18-34)50-45-37-21-11-10-14-31(37)26-29-39(45)46(43)51/h1-30,38,42H. The van der Waals surface area contributed by atoms with Gasteiger partial charge in [-0.05, 0) is 23.6 Å². The summed E-state index contributed by atoms with van der Waals surface area (Å²) in [6.45, 7) is 0. The molecule has 0 bridgehead atoms. The molecule has 0 amide bonds. The van der Waals surface area contributed by atoms with Crippen LogP contribution >= 0.6 is 0 Å². The minimum absolute atomic E-state index is 0.116. The molecule has 0 fully saturated rings. The Morgan fingerprint density at radius 2 is 1.08 bits per heavy atom. The second-order valence-electron chi connectivity index (χ2n) is 13.2. The fourth-order valence-electron chi connectivity index (χ4n) is 7.81. The maximum Gasteiger partial charge on any atom is 0.160 e. The molecule has 8 aromatic rings. The van der Waals surface area contributed by atoms with Crippen LogP contribution in [0.1, 0.15) is 11.5 Å². The van der Waals surface area contributed by atoms with Crippen molar-refractivity contribution in [2.24, 2.45) is 0 Å². The molecule has 4 heteroatoms. The van der Waals surface area contributed by atoms with Gasteiger partial charge in [0, 0.05) is 50.2 Å². The Morgan fingerprint density at radius 3 is 1.80 bits per heavy atom. The summed E-state index contributed by atoms with van der Waals surface area (Å²) in [7, 11) is 0. The fraction of sp³-hybridized carbons (Fsp3) is 0.0426. The van der Waals surface area contributed by atoms with Gasteiger partial charge in [-0.15, -0.1) is 0 Å². The number of hydrogen-bond acceptors (Lipinski definition) is 4. The van der Waals surface area contributed by atoms with E-state index in [0.717, 1.165) is 50.5 Å². The third-order valence-corrected chi connectivity index (χ3v) is 10.2. The molecule has 240 valence electrons. The molecule has 0 saturated carbocycles. The van der Waals surface area contributed by atoms with Crippen molar-refractivity contribution < 1.29 is 0 Å². The van der Waals surface area contributed by atoms with Crippen LogP contribution in [0.25, 0.3) is 66.8 Å². The van der Waals surface area contributed by atoms with Gasteiger partial charge in [-0.2, -0.15) is 0 Å². The normalized spacial score (nSPS) is 16.0. The number of hydrogen-bond donors (Lipinski definition) is 0. The van der Waals surface area contributed by atoms with Gasteiger partial charge in [-0.1, -0.05) is 164 Å². The lowest BCUT2D eigenvalue weighted by Crippen LogP contribution is -2.28. The molecular weight excluding hydrogens is 621 g/mol. The monoisotopic (exact) mass is 652 g/mol. The van der Waals surface area contributed by atoms with Crippen LogP contribution in [0.2, 0.25) is 0 Å². The zero-order valence-electron chi connectivity index (χ0n) is 27.8. The number of rotatable bonds is 5. The SMILES string of the molecule is C1=CC2c3c(-c4ccccc4)nc4c(ccc5ccccc54)c3N(c3ccc(-c4cc(-c5ccccc5)nc(-c5ccccc5)n4)cc3)C2C=C1.